The van der Waals surface area contributed by atoms with Gasteiger partial charge in [-0.25, -0.2) is 0 Å². The molecule has 0 heterocycles. The van der Waals surface area contributed by atoms with Crippen molar-refractivity contribution in [1.29, 1.82) is 0 Å². The van der Waals surface area contributed by atoms with E-state index in [9.17, 15) is 4.79 Å². The summed E-state index contributed by atoms with van der Waals surface area (Å²) in [4.78, 5) is 11.2. The first-order valence-electron chi connectivity index (χ1n) is 5.90. The van der Waals surface area contributed by atoms with Crippen LogP contribution >= 0.6 is 0 Å². The van der Waals surface area contributed by atoms with Gasteiger partial charge in [0.2, 0.25) is 0 Å². The van der Waals surface area contributed by atoms with Gasteiger partial charge in [-0.05, 0) is 30.0 Å². The predicted molar refractivity (Wildman–Crippen MR) is 67.5 cm³/mol. The van der Waals surface area contributed by atoms with Crippen molar-refractivity contribution in [2.45, 2.75) is 26.2 Å². The smallest absolute Gasteiger partial charge is 0.195 e. The van der Waals surface area contributed by atoms with Crippen LogP contribution in [0, 0.1) is 0 Å². The molecule has 94 valence electrons. The third-order valence-electron chi connectivity index (χ3n) is 2.77. The first kappa shape index (κ1) is 13.7. The molecule has 0 saturated heterocycles. The van der Waals surface area contributed by atoms with Crippen LogP contribution in [0.5, 0.6) is 5.75 Å². The summed E-state index contributed by atoms with van der Waals surface area (Å²) >= 11 is 0. The Morgan fingerprint density at radius 1 is 1.24 bits per heavy atom. The van der Waals surface area contributed by atoms with Crippen LogP contribution in [-0.2, 0) is 9.53 Å². The molecule has 3 nitrogen and oxygen atoms in total. The fourth-order valence-corrected chi connectivity index (χ4v) is 1.49. The van der Waals surface area contributed by atoms with Gasteiger partial charge in [-0.3, -0.25) is 4.79 Å². The van der Waals surface area contributed by atoms with Gasteiger partial charge in [0.15, 0.2) is 5.78 Å². The van der Waals surface area contributed by atoms with Gasteiger partial charge in [0, 0.05) is 7.11 Å². The molecule has 0 fully saturated rings. The number of methoxy groups -OCH3 is 1. The fourth-order valence-electron chi connectivity index (χ4n) is 1.49. The van der Waals surface area contributed by atoms with Crippen LogP contribution in [0.25, 0.3) is 0 Å². The highest BCUT2D eigenvalue weighted by Gasteiger charge is 2.04. The van der Waals surface area contributed by atoms with Crippen LogP contribution in [-0.4, -0.2) is 26.1 Å². The fraction of sp³-hybridized carbons (Fsp3) is 0.500. The molecule has 1 unspecified atom stereocenters. The number of hydrogen-bond donors (Lipinski definition) is 0. The van der Waals surface area contributed by atoms with E-state index in [2.05, 4.69) is 13.8 Å². The highest BCUT2D eigenvalue weighted by molar-refractivity contribution is 5.81. The molecule has 0 radical (unpaired) electrons. The topological polar surface area (TPSA) is 35.5 Å². The van der Waals surface area contributed by atoms with Crippen LogP contribution in [0.1, 0.15) is 31.7 Å². The van der Waals surface area contributed by atoms with E-state index in [0.29, 0.717) is 5.92 Å². The highest BCUT2D eigenvalue weighted by Crippen LogP contribution is 2.21. The third-order valence-corrected chi connectivity index (χ3v) is 2.77. The zero-order chi connectivity index (χ0) is 12.7. The van der Waals surface area contributed by atoms with Crippen molar-refractivity contribution in [2.24, 2.45) is 0 Å². The van der Waals surface area contributed by atoms with E-state index in [-0.39, 0.29) is 19.0 Å². The molecule has 1 aromatic rings. The second kappa shape index (κ2) is 7.07. The van der Waals surface area contributed by atoms with Crippen molar-refractivity contribution < 1.29 is 14.3 Å². The molecule has 0 N–H and O–H groups in total. The molecule has 1 rings (SSSR count). The molecular formula is C14H20O3. The van der Waals surface area contributed by atoms with Gasteiger partial charge in [-0.1, -0.05) is 26.0 Å². The molecule has 0 aliphatic heterocycles. The van der Waals surface area contributed by atoms with Crippen molar-refractivity contribution in [3.8, 4) is 5.75 Å². The van der Waals surface area contributed by atoms with Crippen LogP contribution in [0.15, 0.2) is 24.3 Å². The minimum absolute atomic E-state index is 0.0569. The first-order valence-corrected chi connectivity index (χ1v) is 5.90. The molecule has 0 saturated carbocycles. The average Bonchev–Trinajstić information content (AvgIpc) is 2.36. The number of carbonyl (C=O) groups excluding carboxylic acids is 1. The summed E-state index contributed by atoms with van der Waals surface area (Å²) in [6, 6.07) is 7.90. The van der Waals surface area contributed by atoms with Gasteiger partial charge >= 0.3 is 0 Å². The molecule has 1 aromatic carbocycles. The van der Waals surface area contributed by atoms with E-state index in [1.165, 1.54) is 12.7 Å². The van der Waals surface area contributed by atoms with E-state index in [1.54, 1.807) is 0 Å². The monoisotopic (exact) mass is 236 g/mol. The van der Waals surface area contributed by atoms with Crippen LogP contribution in [0.4, 0.5) is 0 Å². The largest absolute Gasteiger partial charge is 0.486 e. The maximum absolute atomic E-state index is 11.2. The van der Waals surface area contributed by atoms with Gasteiger partial charge in [-0.2, -0.15) is 0 Å². The van der Waals surface area contributed by atoms with Crippen molar-refractivity contribution in [3.05, 3.63) is 29.8 Å². The Bertz CT molecular complexity index is 343. The summed E-state index contributed by atoms with van der Waals surface area (Å²) in [6.45, 7) is 4.53. The maximum Gasteiger partial charge on any atom is 0.195 e. The Balaban J connectivity index is 2.48. The Labute approximate surface area is 103 Å². The van der Waals surface area contributed by atoms with Gasteiger partial charge in [0.05, 0.1) is 0 Å². The zero-order valence-electron chi connectivity index (χ0n) is 10.7. The summed E-state index contributed by atoms with van der Waals surface area (Å²) in [7, 11) is 1.50. The number of carbonyl (C=O) groups is 1. The van der Waals surface area contributed by atoms with Crippen LogP contribution in [0.3, 0.4) is 0 Å². The average molecular weight is 236 g/mol. The molecule has 0 aliphatic rings. The van der Waals surface area contributed by atoms with E-state index in [1.807, 2.05) is 24.3 Å². The van der Waals surface area contributed by atoms with Gasteiger partial charge in [0.1, 0.15) is 19.0 Å². The number of rotatable bonds is 7. The highest BCUT2D eigenvalue weighted by atomic mass is 16.5. The Morgan fingerprint density at radius 2 is 1.88 bits per heavy atom. The second-order valence-electron chi connectivity index (χ2n) is 4.14. The standard InChI is InChI=1S/C14H20O3/c1-4-11(2)12-5-7-14(8-6-12)17-10-13(15)9-16-3/h5-8,11H,4,9-10H2,1-3H3. The number of ether oxygens (including phenoxy) is 2. The van der Waals surface area contributed by atoms with Crippen molar-refractivity contribution in [1.82, 2.24) is 0 Å². The lowest BCUT2D eigenvalue weighted by atomic mass is 9.99. The Morgan fingerprint density at radius 3 is 2.41 bits per heavy atom. The van der Waals surface area contributed by atoms with E-state index >= 15 is 0 Å². The van der Waals surface area contributed by atoms with E-state index in [4.69, 9.17) is 9.47 Å². The zero-order valence-corrected chi connectivity index (χ0v) is 10.7. The maximum atomic E-state index is 11.2. The Hall–Kier alpha value is -1.35. The van der Waals surface area contributed by atoms with Gasteiger partial charge in [-0.15, -0.1) is 0 Å². The van der Waals surface area contributed by atoms with Crippen molar-refractivity contribution in [2.75, 3.05) is 20.3 Å². The predicted octanol–water partition coefficient (Wildman–Crippen LogP) is 2.79. The number of Topliss-reactive ketones (excluding diaryl/α,β-unsaturated/α-hetero) is 1. The van der Waals surface area contributed by atoms with Crippen molar-refractivity contribution >= 4 is 5.78 Å². The number of ketones is 1. The number of hydrogen-bond acceptors (Lipinski definition) is 3. The summed E-state index contributed by atoms with van der Waals surface area (Å²) in [6.07, 6.45) is 1.12. The quantitative estimate of drug-likeness (QED) is 0.730. The Kier molecular flexibility index (Phi) is 5.70. The molecule has 0 amide bonds. The minimum Gasteiger partial charge on any atom is -0.486 e. The van der Waals surface area contributed by atoms with Crippen LogP contribution in [0.2, 0.25) is 0 Å². The SMILES string of the molecule is CCC(C)c1ccc(OCC(=O)COC)cc1. The van der Waals surface area contributed by atoms with Crippen LogP contribution < -0.4 is 4.74 Å². The third kappa shape index (κ3) is 4.57. The summed E-state index contributed by atoms with van der Waals surface area (Å²) < 4.78 is 10.1. The van der Waals surface area contributed by atoms with E-state index < -0.39 is 0 Å². The van der Waals surface area contributed by atoms with Crippen molar-refractivity contribution in [3.63, 3.8) is 0 Å². The van der Waals surface area contributed by atoms with Gasteiger partial charge < -0.3 is 9.47 Å². The summed E-state index contributed by atoms with van der Waals surface area (Å²) in [5, 5.41) is 0. The molecule has 0 aromatic heterocycles. The first-order chi connectivity index (χ1) is 8.17. The molecule has 0 spiro atoms. The molecule has 3 heteroatoms. The van der Waals surface area contributed by atoms with E-state index in [0.717, 1.165) is 12.2 Å². The molecule has 0 aliphatic carbocycles. The second-order valence-corrected chi connectivity index (χ2v) is 4.14. The molecule has 17 heavy (non-hydrogen) atoms. The number of benzene rings is 1. The van der Waals surface area contributed by atoms with Gasteiger partial charge in [0.25, 0.3) is 0 Å². The normalized spacial score (nSPS) is 12.2. The summed E-state index contributed by atoms with van der Waals surface area (Å²) in [5.41, 5.74) is 1.29. The molecule has 1 atom stereocenters. The molecule has 0 bridgehead atoms. The lowest BCUT2D eigenvalue weighted by Gasteiger charge is -2.10. The lowest BCUT2D eigenvalue weighted by molar-refractivity contribution is -0.124. The minimum atomic E-state index is -0.0569. The molecular weight excluding hydrogens is 216 g/mol. The lowest BCUT2D eigenvalue weighted by Crippen LogP contribution is -2.16. The summed E-state index contributed by atoms with van der Waals surface area (Å²) in [5.74, 6) is 1.22.